The summed E-state index contributed by atoms with van der Waals surface area (Å²) in [4.78, 5) is 11.1. The molecule has 1 aromatic rings. The van der Waals surface area contributed by atoms with Crippen molar-refractivity contribution >= 4 is 37.8 Å². The molecule has 0 saturated carbocycles. The Labute approximate surface area is 117 Å². The van der Waals surface area contributed by atoms with E-state index in [1.54, 1.807) is 6.92 Å². The number of ether oxygens (including phenoxy) is 2. The first-order valence-electron chi connectivity index (χ1n) is 4.92. The predicted molar refractivity (Wildman–Crippen MR) is 73.1 cm³/mol. The van der Waals surface area contributed by atoms with Gasteiger partial charge in [0.05, 0.1) is 8.95 Å². The van der Waals surface area contributed by atoms with E-state index in [4.69, 9.17) is 9.47 Å². The summed E-state index contributed by atoms with van der Waals surface area (Å²) in [6.45, 7) is 5.58. The van der Waals surface area contributed by atoms with Gasteiger partial charge in [-0.05, 0) is 50.9 Å². The van der Waals surface area contributed by atoms with Crippen molar-refractivity contribution in [2.75, 3.05) is 13.2 Å². The smallest absolute Gasteiger partial charge is 0.333 e. The lowest BCUT2D eigenvalue weighted by molar-refractivity contribution is -0.139. The van der Waals surface area contributed by atoms with Gasteiger partial charge in [-0.1, -0.05) is 12.6 Å². The molecule has 0 aliphatic rings. The second-order valence-corrected chi connectivity index (χ2v) is 5.02. The topological polar surface area (TPSA) is 35.5 Å². The minimum absolute atomic E-state index is 0.194. The Bertz CT molecular complexity index is 410. The number of hydrogen-bond donors (Lipinski definition) is 0. The summed E-state index contributed by atoms with van der Waals surface area (Å²) in [6, 6.07) is 5.64. The maximum Gasteiger partial charge on any atom is 0.333 e. The maximum absolute atomic E-state index is 11.1. The van der Waals surface area contributed by atoms with Gasteiger partial charge in [-0.25, -0.2) is 4.79 Å². The predicted octanol–water partition coefficient (Wildman–Crippen LogP) is 3.71. The molecule has 0 bridgehead atoms. The number of para-hydroxylation sites is 1. The van der Waals surface area contributed by atoms with Gasteiger partial charge in [0.1, 0.15) is 19.0 Å². The second-order valence-electron chi connectivity index (χ2n) is 3.32. The van der Waals surface area contributed by atoms with Gasteiger partial charge >= 0.3 is 5.97 Å². The third-order valence-electron chi connectivity index (χ3n) is 1.83. The van der Waals surface area contributed by atoms with Crippen molar-refractivity contribution in [3.05, 3.63) is 39.3 Å². The monoisotopic (exact) mass is 362 g/mol. The van der Waals surface area contributed by atoms with Crippen molar-refractivity contribution in [2.45, 2.75) is 6.92 Å². The highest BCUT2D eigenvalue weighted by molar-refractivity contribution is 9.11. The molecular weight excluding hydrogens is 352 g/mol. The third kappa shape index (κ3) is 4.52. The molecular formula is C12H12Br2O3. The molecule has 0 aliphatic carbocycles. The van der Waals surface area contributed by atoms with Crippen LogP contribution < -0.4 is 4.74 Å². The number of rotatable bonds is 5. The van der Waals surface area contributed by atoms with Crippen molar-refractivity contribution < 1.29 is 14.3 Å². The van der Waals surface area contributed by atoms with E-state index in [1.165, 1.54) is 0 Å². The molecule has 0 atom stereocenters. The zero-order valence-corrected chi connectivity index (χ0v) is 12.5. The number of hydrogen-bond acceptors (Lipinski definition) is 3. The van der Waals surface area contributed by atoms with E-state index in [1.807, 2.05) is 18.2 Å². The Kier molecular flexibility index (Phi) is 5.71. The van der Waals surface area contributed by atoms with Crippen LogP contribution in [0.15, 0.2) is 39.3 Å². The van der Waals surface area contributed by atoms with Crippen LogP contribution in [0.5, 0.6) is 5.75 Å². The van der Waals surface area contributed by atoms with E-state index in [0.717, 1.165) is 8.95 Å². The molecule has 1 rings (SSSR count). The lowest BCUT2D eigenvalue weighted by Crippen LogP contribution is -2.12. The molecule has 0 radical (unpaired) electrons. The Morgan fingerprint density at radius 1 is 1.29 bits per heavy atom. The summed E-state index contributed by atoms with van der Waals surface area (Å²) in [6.07, 6.45) is 0. The summed E-state index contributed by atoms with van der Waals surface area (Å²) >= 11 is 6.75. The van der Waals surface area contributed by atoms with Gasteiger partial charge in [-0.3, -0.25) is 0 Å². The summed E-state index contributed by atoms with van der Waals surface area (Å²) in [5, 5.41) is 0. The molecule has 0 saturated heterocycles. The SMILES string of the molecule is C=C(C)C(=O)OCCOc1c(Br)cccc1Br. The molecule has 0 amide bonds. The van der Waals surface area contributed by atoms with Crippen LogP contribution in [-0.2, 0) is 9.53 Å². The van der Waals surface area contributed by atoms with E-state index in [9.17, 15) is 4.79 Å². The summed E-state index contributed by atoms with van der Waals surface area (Å²) in [7, 11) is 0. The first-order chi connectivity index (χ1) is 8.02. The Balaban J connectivity index is 2.41. The van der Waals surface area contributed by atoms with E-state index in [2.05, 4.69) is 38.4 Å². The van der Waals surface area contributed by atoms with Crippen LogP contribution in [0.25, 0.3) is 0 Å². The number of halogens is 2. The van der Waals surface area contributed by atoms with Crippen molar-refractivity contribution in [3.63, 3.8) is 0 Å². The van der Waals surface area contributed by atoms with Gasteiger partial charge in [0, 0.05) is 5.57 Å². The number of carbonyl (C=O) groups is 1. The van der Waals surface area contributed by atoms with E-state index < -0.39 is 5.97 Å². The van der Waals surface area contributed by atoms with Gasteiger partial charge in [0.15, 0.2) is 0 Å². The van der Waals surface area contributed by atoms with E-state index >= 15 is 0 Å². The van der Waals surface area contributed by atoms with Gasteiger partial charge in [-0.15, -0.1) is 0 Å². The average molecular weight is 364 g/mol. The first kappa shape index (κ1) is 14.3. The molecule has 5 heteroatoms. The van der Waals surface area contributed by atoms with Crippen molar-refractivity contribution in [1.82, 2.24) is 0 Å². The molecule has 17 heavy (non-hydrogen) atoms. The Morgan fingerprint density at radius 3 is 2.41 bits per heavy atom. The summed E-state index contributed by atoms with van der Waals surface area (Å²) in [5.41, 5.74) is 0.382. The highest BCUT2D eigenvalue weighted by Gasteiger charge is 2.06. The van der Waals surface area contributed by atoms with Crippen LogP contribution in [-0.4, -0.2) is 19.2 Å². The molecule has 1 aromatic carbocycles. The molecule has 0 aromatic heterocycles. The molecule has 0 spiro atoms. The fourth-order valence-electron chi connectivity index (χ4n) is 1.02. The first-order valence-corrected chi connectivity index (χ1v) is 6.50. The van der Waals surface area contributed by atoms with Gasteiger partial charge in [0.2, 0.25) is 0 Å². The molecule has 0 fully saturated rings. The van der Waals surface area contributed by atoms with Crippen LogP contribution in [0.2, 0.25) is 0 Å². The van der Waals surface area contributed by atoms with Gasteiger partial charge < -0.3 is 9.47 Å². The molecule has 3 nitrogen and oxygen atoms in total. The molecule has 92 valence electrons. The Morgan fingerprint density at radius 2 is 1.88 bits per heavy atom. The summed E-state index contributed by atoms with van der Waals surface area (Å²) < 4.78 is 12.1. The standard InChI is InChI=1S/C12H12Br2O3/c1-8(2)12(15)17-7-6-16-11-9(13)4-3-5-10(11)14/h3-5H,1,6-7H2,2H3. The van der Waals surface area contributed by atoms with E-state index in [0.29, 0.717) is 17.9 Å². The van der Waals surface area contributed by atoms with Gasteiger partial charge in [-0.2, -0.15) is 0 Å². The van der Waals surface area contributed by atoms with Crippen LogP contribution in [0.3, 0.4) is 0 Å². The average Bonchev–Trinajstić information content (AvgIpc) is 2.27. The lowest BCUT2D eigenvalue weighted by atomic mass is 10.3. The fraction of sp³-hybridized carbons (Fsp3) is 0.250. The highest BCUT2D eigenvalue weighted by atomic mass is 79.9. The quantitative estimate of drug-likeness (QED) is 0.454. The Hall–Kier alpha value is -0.810. The van der Waals surface area contributed by atoms with Crippen LogP contribution in [0, 0.1) is 0 Å². The maximum atomic E-state index is 11.1. The van der Waals surface area contributed by atoms with Crippen molar-refractivity contribution in [1.29, 1.82) is 0 Å². The normalized spacial score (nSPS) is 9.82. The van der Waals surface area contributed by atoms with E-state index in [-0.39, 0.29) is 6.61 Å². The molecule has 0 unspecified atom stereocenters. The molecule has 0 aliphatic heterocycles. The minimum atomic E-state index is -0.403. The number of carbonyl (C=O) groups excluding carboxylic acids is 1. The van der Waals surface area contributed by atoms with Crippen molar-refractivity contribution in [3.8, 4) is 5.75 Å². The lowest BCUT2D eigenvalue weighted by Gasteiger charge is -2.10. The van der Waals surface area contributed by atoms with Crippen LogP contribution in [0.4, 0.5) is 0 Å². The number of esters is 1. The van der Waals surface area contributed by atoms with Crippen LogP contribution in [0.1, 0.15) is 6.92 Å². The third-order valence-corrected chi connectivity index (χ3v) is 3.08. The zero-order chi connectivity index (χ0) is 12.8. The summed E-state index contributed by atoms with van der Waals surface area (Å²) in [5.74, 6) is 0.290. The molecule has 0 heterocycles. The van der Waals surface area contributed by atoms with Crippen molar-refractivity contribution in [2.24, 2.45) is 0 Å². The fourth-order valence-corrected chi connectivity index (χ4v) is 2.25. The zero-order valence-electron chi connectivity index (χ0n) is 9.33. The second kappa shape index (κ2) is 6.81. The number of benzene rings is 1. The molecule has 0 N–H and O–H groups in total. The van der Waals surface area contributed by atoms with Gasteiger partial charge in [0.25, 0.3) is 0 Å². The van der Waals surface area contributed by atoms with Crippen LogP contribution >= 0.6 is 31.9 Å². The highest BCUT2D eigenvalue weighted by Crippen LogP contribution is 2.32. The largest absolute Gasteiger partial charge is 0.488 e. The minimum Gasteiger partial charge on any atom is -0.488 e.